The molecule has 3 aliphatic heterocycles. The van der Waals surface area contributed by atoms with Gasteiger partial charge in [-0.3, -0.25) is 0 Å². The van der Waals surface area contributed by atoms with Gasteiger partial charge in [-0.2, -0.15) is 0 Å². The van der Waals surface area contributed by atoms with E-state index in [-0.39, 0.29) is 54.3 Å². The molecule has 0 bridgehead atoms. The fourth-order valence-electron chi connectivity index (χ4n) is 7.07. The van der Waals surface area contributed by atoms with Gasteiger partial charge >= 0.3 is 0 Å². The molecular weight excluding hydrogens is 520 g/mol. The second-order valence-corrected chi connectivity index (χ2v) is 14.4. The summed E-state index contributed by atoms with van der Waals surface area (Å²) >= 11 is 1.79. The number of hydrogen-bond donors (Lipinski definition) is 0. The minimum absolute atomic E-state index is 0.00107. The Kier molecular flexibility index (Phi) is 11.5. The van der Waals surface area contributed by atoms with Crippen LogP contribution in [-0.2, 0) is 23.7 Å². The van der Waals surface area contributed by atoms with Crippen molar-refractivity contribution in [3.63, 3.8) is 0 Å². The molecule has 0 saturated carbocycles. The zero-order chi connectivity index (χ0) is 29.1. The van der Waals surface area contributed by atoms with E-state index in [1.165, 1.54) is 4.90 Å². The fraction of sp³-hybridized carbons (Fsp3) is 0.824. The quantitative estimate of drug-likeness (QED) is 0.295. The molecule has 3 fully saturated rings. The summed E-state index contributed by atoms with van der Waals surface area (Å²) in [5, 5.41) is 0. The van der Waals surface area contributed by atoms with Crippen molar-refractivity contribution < 1.29 is 23.7 Å². The molecule has 5 nitrogen and oxygen atoms in total. The largest absolute Gasteiger partial charge is 0.361 e. The zero-order valence-electron chi connectivity index (χ0n) is 26.6. The monoisotopic (exact) mass is 576 g/mol. The first-order valence-corrected chi connectivity index (χ1v) is 16.9. The van der Waals surface area contributed by atoms with Crippen LogP contribution in [0.4, 0.5) is 0 Å². The molecular formula is C34H56O5S. The molecule has 6 heteroatoms. The molecule has 3 aliphatic rings. The summed E-state index contributed by atoms with van der Waals surface area (Å²) in [6, 6.07) is 10.6. The summed E-state index contributed by atoms with van der Waals surface area (Å²) in [5.41, 5.74) is -0.0403. The molecule has 0 radical (unpaired) electrons. The molecule has 40 heavy (non-hydrogen) atoms. The number of ether oxygens (including phenoxy) is 5. The summed E-state index contributed by atoms with van der Waals surface area (Å²) in [6.45, 7) is 23.3. The van der Waals surface area contributed by atoms with Crippen LogP contribution in [0.15, 0.2) is 35.2 Å². The number of benzene rings is 1. The number of hydrogen-bond acceptors (Lipinski definition) is 6. The van der Waals surface area contributed by atoms with Crippen LogP contribution in [0.1, 0.15) is 82.1 Å². The van der Waals surface area contributed by atoms with E-state index in [9.17, 15) is 0 Å². The Labute approximate surface area is 248 Å². The van der Waals surface area contributed by atoms with E-state index in [1.807, 2.05) is 0 Å². The lowest BCUT2D eigenvalue weighted by molar-refractivity contribution is -0.300. The van der Waals surface area contributed by atoms with Crippen molar-refractivity contribution in [2.75, 3.05) is 6.61 Å². The van der Waals surface area contributed by atoms with E-state index < -0.39 is 0 Å². The average Bonchev–Trinajstić information content (AvgIpc) is 2.96. The van der Waals surface area contributed by atoms with Gasteiger partial charge in [0.25, 0.3) is 0 Å². The van der Waals surface area contributed by atoms with E-state index in [4.69, 9.17) is 23.7 Å². The van der Waals surface area contributed by atoms with Gasteiger partial charge in [0.2, 0.25) is 0 Å². The first-order chi connectivity index (χ1) is 19.1. The maximum absolute atomic E-state index is 6.99. The van der Waals surface area contributed by atoms with E-state index in [0.717, 1.165) is 12.8 Å². The summed E-state index contributed by atoms with van der Waals surface area (Å²) in [6.07, 6.45) is 1.98. The van der Waals surface area contributed by atoms with Crippen LogP contribution in [0, 0.1) is 47.3 Å². The molecule has 1 aromatic rings. The fourth-order valence-corrected chi connectivity index (χ4v) is 8.22. The highest BCUT2D eigenvalue weighted by Gasteiger charge is 2.47. The van der Waals surface area contributed by atoms with Crippen molar-refractivity contribution >= 4 is 11.8 Å². The molecule has 1 aromatic carbocycles. The first-order valence-electron chi connectivity index (χ1n) is 16.0. The molecule has 0 aromatic heterocycles. The van der Waals surface area contributed by atoms with Gasteiger partial charge in [0, 0.05) is 28.6 Å². The number of rotatable bonds is 9. The third-order valence-corrected chi connectivity index (χ3v) is 12.2. The van der Waals surface area contributed by atoms with Gasteiger partial charge in [0.1, 0.15) is 5.44 Å². The Hall–Kier alpha value is -0.630. The first kappa shape index (κ1) is 32.3. The van der Waals surface area contributed by atoms with Gasteiger partial charge in [-0.05, 0) is 48.6 Å². The Bertz CT molecular complexity index is 896. The summed E-state index contributed by atoms with van der Waals surface area (Å²) in [4.78, 5) is 1.21. The van der Waals surface area contributed by atoms with E-state index in [2.05, 4.69) is 99.6 Å². The smallest absolute Gasteiger partial charge is 0.161 e. The van der Waals surface area contributed by atoms with Crippen molar-refractivity contribution in [2.24, 2.45) is 47.3 Å². The van der Waals surface area contributed by atoms with Crippen LogP contribution in [0.2, 0.25) is 0 Å². The van der Waals surface area contributed by atoms with Gasteiger partial charge in [-0.1, -0.05) is 99.2 Å². The van der Waals surface area contributed by atoms with Gasteiger partial charge < -0.3 is 23.7 Å². The third-order valence-electron chi connectivity index (χ3n) is 10.8. The van der Waals surface area contributed by atoms with Crippen LogP contribution >= 0.6 is 11.8 Å². The maximum atomic E-state index is 6.99. The highest BCUT2D eigenvalue weighted by Crippen LogP contribution is 2.44. The van der Waals surface area contributed by atoms with Gasteiger partial charge in [0.15, 0.2) is 12.6 Å². The van der Waals surface area contributed by atoms with Crippen molar-refractivity contribution in [1.82, 2.24) is 0 Å². The predicted octanol–water partition coefficient (Wildman–Crippen LogP) is 8.26. The molecule has 3 heterocycles. The normalized spacial score (nSPS) is 46.3. The molecule has 0 spiro atoms. The Balaban J connectivity index is 1.51. The Morgan fingerprint density at radius 2 is 1.15 bits per heavy atom. The second-order valence-electron chi connectivity index (χ2n) is 13.2. The lowest BCUT2D eigenvalue weighted by Crippen LogP contribution is -2.55. The van der Waals surface area contributed by atoms with Crippen LogP contribution in [0.5, 0.6) is 0 Å². The van der Waals surface area contributed by atoms with Gasteiger partial charge in [-0.25, -0.2) is 0 Å². The Morgan fingerprint density at radius 1 is 0.600 bits per heavy atom. The summed E-state index contributed by atoms with van der Waals surface area (Å²) in [7, 11) is 0. The minimum atomic E-state index is -0.208. The van der Waals surface area contributed by atoms with Crippen molar-refractivity contribution in [3.05, 3.63) is 30.3 Å². The average molecular weight is 577 g/mol. The van der Waals surface area contributed by atoms with Crippen LogP contribution in [0.3, 0.4) is 0 Å². The molecule has 6 unspecified atom stereocenters. The van der Waals surface area contributed by atoms with Crippen molar-refractivity contribution in [1.29, 1.82) is 0 Å². The molecule has 228 valence electrons. The lowest BCUT2D eigenvalue weighted by Gasteiger charge is -2.49. The topological polar surface area (TPSA) is 46.2 Å². The predicted molar refractivity (Wildman–Crippen MR) is 163 cm³/mol. The summed E-state index contributed by atoms with van der Waals surface area (Å²) in [5.74, 6) is 3.17. The maximum Gasteiger partial charge on any atom is 0.161 e. The van der Waals surface area contributed by atoms with E-state index in [0.29, 0.717) is 42.1 Å². The molecule has 4 rings (SSSR count). The van der Waals surface area contributed by atoms with Gasteiger partial charge in [0.05, 0.1) is 31.0 Å². The van der Waals surface area contributed by atoms with Gasteiger partial charge in [-0.15, -0.1) is 0 Å². The SMILES string of the molecule is CCC1O[C@H](OCC2O[C@H](Sc3ccccc3)C(C)[C@@H](O[C@H]3O[C@@H](CC)[C@@H](C)C(C)C3C)[C@@H]2C)C(C)[C@@H](C)[C@@H]1C. The van der Waals surface area contributed by atoms with Crippen molar-refractivity contribution in [3.8, 4) is 0 Å². The molecule has 3 saturated heterocycles. The van der Waals surface area contributed by atoms with Crippen LogP contribution < -0.4 is 0 Å². The zero-order valence-corrected chi connectivity index (χ0v) is 27.4. The highest BCUT2D eigenvalue weighted by atomic mass is 32.2. The molecule has 0 aliphatic carbocycles. The molecule has 0 amide bonds. The molecule has 0 N–H and O–H groups in total. The minimum Gasteiger partial charge on any atom is -0.361 e. The number of thioether (sulfide) groups is 1. The van der Waals surface area contributed by atoms with E-state index in [1.54, 1.807) is 11.8 Å². The lowest BCUT2D eigenvalue weighted by atomic mass is 9.78. The van der Waals surface area contributed by atoms with Crippen LogP contribution in [-0.4, -0.2) is 49.0 Å². The third kappa shape index (κ3) is 6.94. The van der Waals surface area contributed by atoms with E-state index >= 15 is 0 Å². The highest BCUT2D eigenvalue weighted by molar-refractivity contribution is 7.99. The standard InChI is InChI=1S/C34H56O5S/c1-11-28-21(5)19(3)23(7)32(36-28)35-18-30-25(9)31(26(10)34(38-30)40-27-16-14-13-15-17-27)39-33-24(8)20(4)22(6)29(12-2)37-33/h13-17,19-26,28-34H,11-12,18H2,1-10H3/t19-,20?,21-,22-,23?,24?,25+,26?,28?,29-,30?,31-,32-,33+,34+/m0/s1. The molecule has 15 atom stereocenters. The second kappa shape index (κ2) is 14.2. The Morgan fingerprint density at radius 3 is 1.73 bits per heavy atom. The summed E-state index contributed by atoms with van der Waals surface area (Å²) < 4.78 is 33.5. The van der Waals surface area contributed by atoms with Crippen molar-refractivity contribution in [2.45, 2.75) is 129 Å². The van der Waals surface area contributed by atoms with Crippen LogP contribution in [0.25, 0.3) is 0 Å².